The van der Waals surface area contributed by atoms with Crippen molar-refractivity contribution in [3.63, 3.8) is 0 Å². The molecule has 1 aromatic heterocycles. The predicted molar refractivity (Wildman–Crippen MR) is 102 cm³/mol. The number of benzene rings is 1. The average molecular weight is 353 g/mol. The highest BCUT2D eigenvalue weighted by Crippen LogP contribution is 2.15. The molecule has 1 aromatic carbocycles. The highest BCUT2D eigenvalue weighted by atomic mass is 16.5. The van der Waals surface area contributed by atoms with Gasteiger partial charge in [0.15, 0.2) is 0 Å². The molecule has 0 aliphatic carbocycles. The van der Waals surface area contributed by atoms with Crippen molar-refractivity contribution in [3.8, 4) is 5.75 Å². The first-order valence-electron chi connectivity index (χ1n) is 9.26. The van der Waals surface area contributed by atoms with Crippen LogP contribution in [-0.2, 0) is 17.8 Å². The fourth-order valence-electron chi connectivity index (χ4n) is 3.32. The van der Waals surface area contributed by atoms with Crippen LogP contribution >= 0.6 is 0 Å². The van der Waals surface area contributed by atoms with Crippen molar-refractivity contribution in [1.29, 1.82) is 0 Å². The van der Waals surface area contributed by atoms with Gasteiger partial charge in [0.2, 0.25) is 5.91 Å². The van der Waals surface area contributed by atoms with Crippen LogP contribution < -0.4 is 4.74 Å². The maximum Gasteiger partial charge on any atom is 0.222 e. The van der Waals surface area contributed by atoms with Crippen LogP contribution in [0.3, 0.4) is 0 Å². The topological polar surface area (TPSA) is 45.7 Å². The number of carbonyl (C=O) groups is 1. The number of hydrogen-bond donors (Lipinski definition) is 0. The Balaban J connectivity index is 1.47. The van der Waals surface area contributed by atoms with Crippen LogP contribution in [-0.4, -0.2) is 54.0 Å². The van der Waals surface area contributed by atoms with Gasteiger partial charge in [0.05, 0.1) is 7.11 Å². The number of pyridine rings is 1. The first-order valence-corrected chi connectivity index (χ1v) is 9.26. The Morgan fingerprint density at radius 2 is 1.92 bits per heavy atom. The van der Waals surface area contributed by atoms with E-state index in [0.29, 0.717) is 6.42 Å². The zero-order valence-corrected chi connectivity index (χ0v) is 15.4. The van der Waals surface area contributed by atoms with Gasteiger partial charge in [0.1, 0.15) is 5.75 Å². The minimum absolute atomic E-state index is 0.250. The van der Waals surface area contributed by atoms with Crippen molar-refractivity contribution < 1.29 is 9.53 Å². The molecular weight excluding hydrogens is 326 g/mol. The van der Waals surface area contributed by atoms with Crippen molar-refractivity contribution >= 4 is 5.91 Å². The first-order chi connectivity index (χ1) is 12.7. The monoisotopic (exact) mass is 353 g/mol. The molecule has 1 saturated heterocycles. The molecule has 0 spiro atoms. The number of amides is 1. The molecule has 0 bridgehead atoms. The zero-order valence-electron chi connectivity index (χ0n) is 15.4. The number of aromatic nitrogens is 1. The van der Waals surface area contributed by atoms with Crippen LogP contribution in [0.5, 0.6) is 5.75 Å². The van der Waals surface area contributed by atoms with E-state index in [1.54, 1.807) is 13.3 Å². The lowest BCUT2D eigenvalue weighted by Crippen LogP contribution is -2.35. The summed E-state index contributed by atoms with van der Waals surface area (Å²) in [6.07, 6.45) is 5.95. The van der Waals surface area contributed by atoms with Crippen LogP contribution in [0, 0.1) is 0 Å². The second kappa shape index (κ2) is 9.34. The third kappa shape index (κ3) is 5.30. The number of nitrogens with zero attached hydrogens (tertiary/aromatic N) is 3. The van der Waals surface area contributed by atoms with Crippen molar-refractivity contribution in [2.24, 2.45) is 0 Å². The molecular formula is C21H27N3O2. The predicted octanol–water partition coefficient (Wildman–Crippen LogP) is 2.76. The van der Waals surface area contributed by atoms with Gasteiger partial charge in [0.25, 0.3) is 0 Å². The van der Waals surface area contributed by atoms with E-state index in [-0.39, 0.29) is 5.91 Å². The van der Waals surface area contributed by atoms with Crippen LogP contribution in [0.4, 0.5) is 0 Å². The summed E-state index contributed by atoms with van der Waals surface area (Å²) in [5.74, 6) is 1.13. The van der Waals surface area contributed by atoms with Gasteiger partial charge in [-0.2, -0.15) is 0 Å². The molecule has 0 N–H and O–H groups in total. The van der Waals surface area contributed by atoms with Gasteiger partial charge in [-0.15, -0.1) is 0 Å². The summed E-state index contributed by atoms with van der Waals surface area (Å²) in [4.78, 5) is 21.1. The fourth-order valence-corrected chi connectivity index (χ4v) is 3.32. The minimum atomic E-state index is 0.250. The lowest BCUT2D eigenvalue weighted by molar-refractivity contribution is -0.131. The van der Waals surface area contributed by atoms with E-state index in [4.69, 9.17) is 4.74 Å². The summed E-state index contributed by atoms with van der Waals surface area (Å²) in [6, 6.07) is 12.2. The van der Waals surface area contributed by atoms with Crippen molar-refractivity contribution in [3.05, 3.63) is 59.9 Å². The summed E-state index contributed by atoms with van der Waals surface area (Å²) in [7, 11) is 1.68. The molecule has 1 fully saturated rings. The third-order valence-electron chi connectivity index (χ3n) is 4.86. The van der Waals surface area contributed by atoms with Gasteiger partial charge < -0.3 is 9.64 Å². The van der Waals surface area contributed by atoms with Gasteiger partial charge in [-0.25, -0.2) is 0 Å². The Morgan fingerprint density at radius 3 is 2.65 bits per heavy atom. The molecule has 3 rings (SSSR count). The maximum atomic E-state index is 12.5. The van der Waals surface area contributed by atoms with Crippen LogP contribution in [0.25, 0.3) is 0 Å². The van der Waals surface area contributed by atoms with Gasteiger partial charge in [-0.3, -0.25) is 14.7 Å². The molecule has 5 heteroatoms. The highest BCUT2D eigenvalue weighted by Gasteiger charge is 2.19. The largest absolute Gasteiger partial charge is 0.497 e. The van der Waals surface area contributed by atoms with E-state index in [1.165, 1.54) is 5.56 Å². The number of carbonyl (C=O) groups excluding carboxylic acids is 1. The fraction of sp³-hybridized carbons (Fsp3) is 0.429. The number of aryl methyl sites for hydroxylation is 1. The zero-order chi connectivity index (χ0) is 18.2. The Morgan fingerprint density at radius 1 is 1.08 bits per heavy atom. The third-order valence-corrected chi connectivity index (χ3v) is 4.86. The van der Waals surface area contributed by atoms with E-state index in [1.807, 2.05) is 35.4 Å². The SMILES string of the molecule is COc1ccc(CN2CCCN(C(=O)CCc3cccnc3)CC2)cc1. The Kier molecular flexibility index (Phi) is 6.61. The molecule has 1 aliphatic rings. The van der Waals surface area contributed by atoms with Crippen molar-refractivity contribution in [1.82, 2.24) is 14.8 Å². The lowest BCUT2D eigenvalue weighted by atomic mass is 10.1. The van der Waals surface area contributed by atoms with Gasteiger partial charge >= 0.3 is 0 Å². The lowest BCUT2D eigenvalue weighted by Gasteiger charge is -2.22. The standard InChI is InChI=1S/C21H27N3O2/c1-26-20-8-5-19(6-9-20)17-23-12-3-13-24(15-14-23)21(25)10-7-18-4-2-11-22-16-18/h2,4-6,8-9,11,16H,3,7,10,12-15,17H2,1H3. The van der Waals surface area contributed by atoms with Crippen LogP contribution in [0.15, 0.2) is 48.8 Å². The highest BCUT2D eigenvalue weighted by molar-refractivity contribution is 5.76. The molecule has 0 radical (unpaired) electrons. The van der Waals surface area contributed by atoms with Gasteiger partial charge in [-0.05, 0) is 42.2 Å². The van der Waals surface area contributed by atoms with Gasteiger partial charge in [0, 0.05) is 51.5 Å². The molecule has 2 aromatic rings. The minimum Gasteiger partial charge on any atom is -0.497 e. The molecule has 0 atom stereocenters. The number of ether oxygens (including phenoxy) is 1. The molecule has 1 aliphatic heterocycles. The summed E-state index contributed by atoms with van der Waals surface area (Å²) >= 11 is 0. The number of rotatable bonds is 6. The smallest absolute Gasteiger partial charge is 0.222 e. The Labute approximate surface area is 155 Å². The quantitative estimate of drug-likeness (QED) is 0.801. The maximum absolute atomic E-state index is 12.5. The van der Waals surface area contributed by atoms with E-state index in [0.717, 1.165) is 56.9 Å². The Hall–Kier alpha value is -2.40. The number of methoxy groups -OCH3 is 1. The molecule has 1 amide bonds. The summed E-state index contributed by atoms with van der Waals surface area (Å²) in [5.41, 5.74) is 2.40. The average Bonchev–Trinajstić information content (AvgIpc) is 2.93. The molecule has 0 saturated carbocycles. The van der Waals surface area contributed by atoms with Crippen molar-refractivity contribution in [2.75, 3.05) is 33.3 Å². The van der Waals surface area contributed by atoms with Gasteiger partial charge in [-0.1, -0.05) is 18.2 Å². The molecule has 138 valence electrons. The van der Waals surface area contributed by atoms with Crippen LogP contribution in [0.1, 0.15) is 24.0 Å². The van der Waals surface area contributed by atoms with E-state index in [2.05, 4.69) is 22.0 Å². The molecule has 26 heavy (non-hydrogen) atoms. The van der Waals surface area contributed by atoms with E-state index >= 15 is 0 Å². The second-order valence-electron chi connectivity index (χ2n) is 6.72. The summed E-state index contributed by atoms with van der Waals surface area (Å²) in [6.45, 7) is 4.53. The summed E-state index contributed by atoms with van der Waals surface area (Å²) in [5, 5.41) is 0. The Bertz CT molecular complexity index is 688. The van der Waals surface area contributed by atoms with Crippen molar-refractivity contribution in [2.45, 2.75) is 25.8 Å². The van der Waals surface area contributed by atoms with Crippen LogP contribution in [0.2, 0.25) is 0 Å². The number of hydrogen-bond acceptors (Lipinski definition) is 4. The van der Waals surface area contributed by atoms with E-state index in [9.17, 15) is 4.79 Å². The van der Waals surface area contributed by atoms with E-state index < -0.39 is 0 Å². The molecule has 0 unspecified atom stereocenters. The molecule has 2 heterocycles. The normalized spacial score (nSPS) is 15.5. The summed E-state index contributed by atoms with van der Waals surface area (Å²) < 4.78 is 5.21. The second-order valence-corrected chi connectivity index (χ2v) is 6.72. The molecule has 5 nitrogen and oxygen atoms in total. The first kappa shape index (κ1) is 18.4.